The molecule has 4 heteroatoms. The first-order valence-corrected chi connectivity index (χ1v) is 6.01. The number of carbonyl (C=O) groups excluding carboxylic acids is 1. The topological polar surface area (TPSA) is 41.6 Å². The van der Waals surface area contributed by atoms with Gasteiger partial charge >= 0.3 is 6.03 Å². The normalized spacial score (nSPS) is 10.9. The number of carbonyl (C=O) groups is 1. The highest BCUT2D eigenvalue weighted by atomic mass is 16.5. The van der Waals surface area contributed by atoms with Crippen LogP contribution in [-0.4, -0.2) is 30.6 Å². The number of hydrogen-bond acceptors (Lipinski definition) is 2. The smallest absolute Gasteiger partial charge is 0.317 e. The van der Waals surface area contributed by atoms with Gasteiger partial charge in [0.15, 0.2) is 0 Å². The van der Waals surface area contributed by atoms with Gasteiger partial charge in [0.1, 0.15) is 11.4 Å². The summed E-state index contributed by atoms with van der Waals surface area (Å²) >= 11 is 0. The van der Waals surface area contributed by atoms with Crippen LogP contribution in [0.4, 0.5) is 4.79 Å². The number of urea groups is 1. The quantitative estimate of drug-likeness (QED) is 0.896. The van der Waals surface area contributed by atoms with Crippen LogP contribution in [0.5, 0.6) is 5.75 Å². The van der Waals surface area contributed by atoms with E-state index in [2.05, 4.69) is 5.32 Å². The number of nitrogens with one attached hydrogen (secondary N) is 1. The minimum Gasteiger partial charge on any atom is -0.488 e. The molecule has 0 spiro atoms. The molecule has 1 rings (SSSR count). The third-order valence-electron chi connectivity index (χ3n) is 2.22. The maximum Gasteiger partial charge on any atom is 0.317 e. The Kier molecular flexibility index (Phi) is 4.59. The third-order valence-corrected chi connectivity index (χ3v) is 2.22. The van der Waals surface area contributed by atoms with E-state index >= 15 is 0 Å². The van der Waals surface area contributed by atoms with E-state index in [0.717, 1.165) is 11.3 Å². The molecule has 0 aliphatic rings. The SMILES string of the molecule is CN(C)C(=O)NCc1ccccc1OC(C)(C)C. The van der Waals surface area contributed by atoms with Gasteiger partial charge in [-0.3, -0.25) is 0 Å². The predicted octanol–water partition coefficient (Wildman–Crippen LogP) is 2.64. The molecule has 1 aromatic carbocycles. The van der Waals surface area contributed by atoms with Gasteiger partial charge in [-0.2, -0.15) is 0 Å². The van der Waals surface area contributed by atoms with E-state index in [1.165, 1.54) is 4.90 Å². The molecule has 0 heterocycles. The van der Waals surface area contributed by atoms with Crippen molar-refractivity contribution in [3.63, 3.8) is 0 Å². The molecule has 0 atom stereocenters. The van der Waals surface area contributed by atoms with Gasteiger partial charge in [-0.1, -0.05) is 18.2 Å². The first-order chi connectivity index (χ1) is 8.29. The second-order valence-electron chi connectivity index (χ2n) is 5.38. The van der Waals surface area contributed by atoms with Gasteiger partial charge in [0.2, 0.25) is 0 Å². The molecule has 100 valence electrons. The molecule has 0 bridgehead atoms. The Hall–Kier alpha value is -1.71. The number of ether oxygens (including phenoxy) is 1. The van der Waals surface area contributed by atoms with Crippen molar-refractivity contribution < 1.29 is 9.53 Å². The number of para-hydroxylation sites is 1. The minimum absolute atomic E-state index is 0.111. The van der Waals surface area contributed by atoms with Crippen molar-refractivity contribution in [2.24, 2.45) is 0 Å². The number of benzene rings is 1. The van der Waals surface area contributed by atoms with Crippen LogP contribution in [0.1, 0.15) is 26.3 Å². The Morgan fingerprint density at radius 2 is 1.89 bits per heavy atom. The van der Waals surface area contributed by atoms with E-state index in [1.54, 1.807) is 14.1 Å². The van der Waals surface area contributed by atoms with E-state index < -0.39 is 0 Å². The zero-order valence-corrected chi connectivity index (χ0v) is 11.8. The summed E-state index contributed by atoms with van der Waals surface area (Å²) in [5, 5.41) is 2.83. The van der Waals surface area contributed by atoms with Crippen molar-refractivity contribution in [3.8, 4) is 5.75 Å². The molecule has 18 heavy (non-hydrogen) atoms. The van der Waals surface area contributed by atoms with Crippen LogP contribution >= 0.6 is 0 Å². The Labute approximate surface area is 109 Å². The Morgan fingerprint density at radius 3 is 2.44 bits per heavy atom. The lowest BCUT2D eigenvalue weighted by atomic mass is 10.1. The average Bonchev–Trinajstić information content (AvgIpc) is 2.25. The molecule has 0 saturated heterocycles. The summed E-state index contributed by atoms with van der Waals surface area (Å²) < 4.78 is 5.86. The van der Waals surface area contributed by atoms with E-state index in [1.807, 2.05) is 45.0 Å². The Morgan fingerprint density at radius 1 is 1.28 bits per heavy atom. The zero-order valence-electron chi connectivity index (χ0n) is 11.8. The maximum absolute atomic E-state index is 11.5. The molecule has 2 amide bonds. The summed E-state index contributed by atoms with van der Waals surface area (Å²) in [4.78, 5) is 13.0. The lowest BCUT2D eigenvalue weighted by Crippen LogP contribution is -2.34. The third kappa shape index (κ3) is 4.65. The van der Waals surface area contributed by atoms with E-state index in [9.17, 15) is 4.79 Å². The van der Waals surface area contributed by atoms with Gasteiger partial charge in [0, 0.05) is 26.2 Å². The summed E-state index contributed by atoms with van der Waals surface area (Å²) in [6, 6.07) is 7.63. The van der Waals surface area contributed by atoms with Crippen molar-refractivity contribution >= 4 is 6.03 Å². The fourth-order valence-electron chi connectivity index (χ4n) is 1.41. The molecule has 0 unspecified atom stereocenters. The fraction of sp³-hybridized carbons (Fsp3) is 0.500. The van der Waals surface area contributed by atoms with E-state index in [4.69, 9.17) is 4.74 Å². The van der Waals surface area contributed by atoms with Crippen LogP contribution in [-0.2, 0) is 6.54 Å². The molecular formula is C14H22N2O2. The lowest BCUT2D eigenvalue weighted by molar-refractivity contribution is 0.129. The molecule has 0 fully saturated rings. The van der Waals surface area contributed by atoms with Crippen LogP contribution in [0, 0.1) is 0 Å². The standard InChI is InChI=1S/C14H22N2O2/c1-14(2,3)18-12-9-7-6-8-11(12)10-15-13(17)16(4)5/h6-9H,10H2,1-5H3,(H,15,17). The summed E-state index contributed by atoms with van der Waals surface area (Å²) in [5.41, 5.74) is 0.726. The zero-order chi connectivity index (χ0) is 13.8. The summed E-state index contributed by atoms with van der Waals surface area (Å²) in [5.74, 6) is 0.809. The van der Waals surface area contributed by atoms with E-state index in [-0.39, 0.29) is 11.6 Å². The number of rotatable bonds is 3. The summed E-state index contributed by atoms with van der Waals surface area (Å²) in [6.07, 6.45) is 0. The summed E-state index contributed by atoms with van der Waals surface area (Å²) in [6.45, 7) is 6.47. The van der Waals surface area contributed by atoms with E-state index in [0.29, 0.717) is 6.54 Å². The molecular weight excluding hydrogens is 228 g/mol. The molecule has 1 N–H and O–H groups in total. The number of hydrogen-bond donors (Lipinski definition) is 1. The average molecular weight is 250 g/mol. The van der Waals surface area contributed by atoms with Crippen LogP contribution in [0.2, 0.25) is 0 Å². The number of nitrogens with zero attached hydrogens (tertiary/aromatic N) is 1. The first-order valence-electron chi connectivity index (χ1n) is 6.01. The lowest BCUT2D eigenvalue weighted by Gasteiger charge is -2.23. The largest absolute Gasteiger partial charge is 0.488 e. The minimum atomic E-state index is -0.248. The van der Waals surface area contributed by atoms with Crippen molar-refractivity contribution in [2.45, 2.75) is 32.9 Å². The van der Waals surface area contributed by atoms with Crippen molar-refractivity contribution in [1.29, 1.82) is 0 Å². The van der Waals surface area contributed by atoms with Crippen LogP contribution in [0.15, 0.2) is 24.3 Å². The Bertz CT molecular complexity index is 409. The van der Waals surface area contributed by atoms with Gasteiger partial charge < -0.3 is 15.0 Å². The van der Waals surface area contributed by atoms with Crippen LogP contribution < -0.4 is 10.1 Å². The van der Waals surface area contributed by atoms with Gasteiger partial charge in [0.25, 0.3) is 0 Å². The highest BCUT2D eigenvalue weighted by Crippen LogP contribution is 2.22. The highest BCUT2D eigenvalue weighted by molar-refractivity contribution is 5.73. The van der Waals surface area contributed by atoms with Gasteiger partial charge in [0.05, 0.1) is 0 Å². The van der Waals surface area contributed by atoms with Crippen LogP contribution in [0.3, 0.4) is 0 Å². The molecule has 1 aromatic rings. The van der Waals surface area contributed by atoms with Gasteiger partial charge in [-0.15, -0.1) is 0 Å². The molecule has 0 saturated carbocycles. The van der Waals surface area contributed by atoms with Crippen LogP contribution in [0.25, 0.3) is 0 Å². The van der Waals surface area contributed by atoms with Crippen molar-refractivity contribution in [3.05, 3.63) is 29.8 Å². The molecule has 0 aromatic heterocycles. The maximum atomic E-state index is 11.5. The number of amides is 2. The predicted molar refractivity (Wildman–Crippen MR) is 72.7 cm³/mol. The molecule has 0 radical (unpaired) electrons. The van der Waals surface area contributed by atoms with Gasteiger partial charge in [-0.25, -0.2) is 4.79 Å². The van der Waals surface area contributed by atoms with Gasteiger partial charge in [-0.05, 0) is 26.8 Å². The second kappa shape index (κ2) is 5.76. The molecule has 4 nitrogen and oxygen atoms in total. The second-order valence-corrected chi connectivity index (χ2v) is 5.38. The monoisotopic (exact) mass is 250 g/mol. The summed E-state index contributed by atoms with van der Waals surface area (Å²) in [7, 11) is 3.43. The Balaban J connectivity index is 2.74. The fourth-order valence-corrected chi connectivity index (χ4v) is 1.41. The molecule has 0 aliphatic heterocycles. The van der Waals surface area contributed by atoms with Crippen molar-refractivity contribution in [1.82, 2.24) is 10.2 Å². The first kappa shape index (κ1) is 14.4. The highest BCUT2D eigenvalue weighted by Gasteiger charge is 2.14. The molecule has 0 aliphatic carbocycles. The van der Waals surface area contributed by atoms with Crippen molar-refractivity contribution in [2.75, 3.05) is 14.1 Å².